The molecule has 2 N–H and O–H groups in total. The van der Waals surface area contributed by atoms with Gasteiger partial charge >= 0.3 is 0 Å². The predicted octanol–water partition coefficient (Wildman–Crippen LogP) is 5.34. The van der Waals surface area contributed by atoms with Crippen LogP contribution in [0, 0.1) is 13.8 Å². The van der Waals surface area contributed by atoms with Crippen molar-refractivity contribution < 1.29 is 4.79 Å². The summed E-state index contributed by atoms with van der Waals surface area (Å²) < 4.78 is 0. The fraction of sp³-hybridized carbons (Fsp3) is 0.118. The molecule has 0 aliphatic heterocycles. The monoisotopic (exact) mass is 332 g/mol. The van der Waals surface area contributed by atoms with Gasteiger partial charge < -0.3 is 10.3 Å². The number of hydrogen-bond donors (Lipinski definition) is 2. The number of rotatable bonds is 2. The fourth-order valence-corrected chi connectivity index (χ4v) is 3.01. The molecule has 0 spiro atoms. The summed E-state index contributed by atoms with van der Waals surface area (Å²) in [5.74, 6) is -0.218. The van der Waals surface area contributed by atoms with Gasteiger partial charge in [0.25, 0.3) is 5.91 Å². The van der Waals surface area contributed by atoms with E-state index < -0.39 is 0 Å². The molecule has 0 saturated carbocycles. The average Bonchev–Trinajstić information content (AvgIpc) is 2.75. The molecule has 0 atom stereocenters. The number of halogens is 2. The van der Waals surface area contributed by atoms with E-state index in [0.29, 0.717) is 21.4 Å². The van der Waals surface area contributed by atoms with Crippen molar-refractivity contribution in [2.24, 2.45) is 0 Å². The number of aryl methyl sites for hydroxylation is 2. The second kappa shape index (κ2) is 5.67. The predicted molar refractivity (Wildman–Crippen MR) is 92.2 cm³/mol. The first-order valence-electron chi connectivity index (χ1n) is 6.80. The molecule has 0 radical (unpaired) electrons. The van der Waals surface area contributed by atoms with Crippen molar-refractivity contribution >= 4 is 45.7 Å². The zero-order chi connectivity index (χ0) is 15.9. The number of anilines is 1. The maximum Gasteiger partial charge on any atom is 0.272 e. The summed E-state index contributed by atoms with van der Waals surface area (Å²) in [6.45, 7) is 3.96. The first-order valence-corrected chi connectivity index (χ1v) is 7.56. The van der Waals surface area contributed by atoms with Crippen molar-refractivity contribution in [3.05, 3.63) is 63.3 Å². The lowest BCUT2D eigenvalue weighted by Crippen LogP contribution is -2.13. The highest BCUT2D eigenvalue weighted by Gasteiger charge is 2.15. The van der Waals surface area contributed by atoms with Gasteiger partial charge in [-0.15, -0.1) is 0 Å². The van der Waals surface area contributed by atoms with Crippen LogP contribution in [-0.4, -0.2) is 10.9 Å². The first kappa shape index (κ1) is 14.9. The molecule has 3 aromatic rings. The van der Waals surface area contributed by atoms with Crippen LogP contribution >= 0.6 is 23.2 Å². The third kappa shape index (κ3) is 2.82. The van der Waals surface area contributed by atoms with E-state index in [1.54, 1.807) is 18.2 Å². The molecule has 0 fully saturated rings. The van der Waals surface area contributed by atoms with E-state index in [1.165, 1.54) is 0 Å². The van der Waals surface area contributed by atoms with E-state index in [-0.39, 0.29) is 5.91 Å². The summed E-state index contributed by atoms with van der Waals surface area (Å²) in [4.78, 5) is 15.6. The summed E-state index contributed by atoms with van der Waals surface area (Å²) in [6.07, 6.45) is 0. The Bertz CT molecular complexity index is 863. The maximum atomic E-state index is 12.5. The topological polar surface area (TPSA) is 44.9 Å². The van der Waals surface area contributed by atoms with Gasteiger partial charge in [0.05, 0.1) is 0 Å². The Balaban J connectivity index is 1.96. The highest BCUT2D eigenvalue weighted by molar-refractivity contribution is 6.35. The number of benzene rings is 2. The largest absolute Gasteiger partial charge is 0.350 e. The minimum atomic E-state index is -0.218. The summed E-state index contributed by atoms with van der Waals surface area (Å²) in [5.41, 5.74) is 4.12. The quantitative estimate of drug-likeness (QED) is 0.653. The molecule has 1 heterocycles. The number of aromatic amines is 1. The van der Waals surface area contributed by atoms with E-state index >= 15 is 0 Å². The highest BCUT2D eigenvalue weighted by atomic mass is 35.5. The third-order valence-electron chi connectivity index (χ3n) is 3.56. The number of carbonyl (C=O) groups excluding carboxylic acids is 1. The van der Waals surface area contributed by atoms with Gasteiger partial charge in [-0.25, -0.2) is 0 Å². The number of H-pyrrole nitrogens is 1. The van der Waals surface area contributed by atoms with E-state index in [0.717, 1.165) is 22.0 Å². The van der Waals surface area contributed by atoms with Crippen molar-refractivity contribution in [2.45, 2.75) is 13.8 Å². The fourth-order valence-electron chi connectivity index (χ4n) is 2.49. The maximum absolute atomic E-state index is 12.5. The minimum absolute atomic E-state index is 0.218. The van der Waals surface area contributed by atoms with Crippen LogP contribution in [0.5, 0.6) is 0 Å². The number of nitrogens with one attached hydrogen (secondary N) is 2. The van der Waals surface area contributed by atoms with Crippen LogP contribution in [0.4, 0.5) is 5.69 Å². The van der Waals surface area contributed by atoms with Gasteiger partial charge in [0, 0.05) is 26.6 Å². The van der Waals surface area contributed by atoms with Crippen LogP contribution in [0.25, 0.3) is 10.9 Å². The molecule has 3 nitrogen and oxygen atoms in total. The van der Waals surface area contributed by atoms with Crippen LogP contribution in [0.1, 0.15) is 21.6 Å². The molecule has 3 rings (SSSR count). The van der Waals surface area contributed by atoms with Crippen molar-refractivity contribution in [3.8, 4) is 0 Å². The van der Waals surface area contributed by atoms with Gasteiger partial charge in [-0.1, -0.05) is 34.8 Å². The van der Waals surface area contributed by atoms with Gasteiger partial charge in [0.15, 0.2) is 0 Å². The molecule has 0 aliphatic rings. The van der Waals surface area contributed by atoms with E-state index in [2.05, 4.69) is 16.4 Å². The Morgan fingerprint density at radius 1 is 1.05 bits per heavy atom. The smallest absolute Gasteiger partial charge is 0.272 e. The van der Waals surface area contributed by atoms with Gasteiger partial charge in [0.1, 0.15) is 5.69 Å². The van der Waals surface area contributed by atoms with Crippen molar-refractivity contribution in [1.29, 1.82) is 0 Å². The zero-order valence-corrected chi connectivity index (χ0v) is 13.6. The summed E-state index contributed by atoms with van der Waals surface area (Å²) in [6, 6.07) is 11.0. The summed E-state index contributed by atoms with van der Waals surface area (Å²) >= 11 is 11.9. The van der Waals surface area contributed by atoms with Crippen molar-refractivity contribution in [2.75, 3.05) is 5.32 Å². The second-order valence-corrected chi connectivity index (χ2v) is 6.16. The van der Waals surface area contributed by atoms with Gasteiger partial charge in [-0.3, -0.25) is 4.79 Å². The van der Waals surface area contributed by atoms with Crippen LogP contribution in [0.2, 0.25) is 10.0 Å². The molecular weight excluding hydrogens is 319 g/mol. The number of amides is 1. The number of carbonyl (C=O) groups is 1. The molecule has 112 valence electrons. The summed E-state index contributed by atoms with van der Waals surface area (Å²) in [5, 5.41) is 4.82. The van der Waals surface area contributed by atoms with Crippen LogP contribution in [0.15, 0.2) is 36.4 Å². The molecule has 22 heavy (non-hydrogen) atoms. The van der Waals surface area contributed by atoms with Gasteiger partial charge in [0.2, 0.25) is 0 Å². The Morgan fingerprint density at radius 3 is 2.41 bits per heavy atom. The molecule has 1 aromatic heterocycles. The lowest BCUT2D eigenvalue weighted by molar-refractivity contribution is 0.102. The van der Waals surface area contributed by atoms with Gasteiger partial charge in [-0.2, -0.15) is 0 Å². The Kier molecular flexibility index (Phi) is 3.85. The lowest BCUT2D eigenvalue weighted by Gasteiger charge is -2.06. The normalized spacial score (nSPS) is 10.9. The average molecular weight is 333 g/mol. The molecular formula is C17H14Cl2N2O. The summed E-state index contributed by atoms with van der Waals surface area (Å²) in [7, 11) is 0. The third-order valence-corrected chi connectivity index (χ3v) is 4.00. The highest BCUT2D eigenvalue weighted by Crippen LogP contribution is 2.25. The number of aromatic nitrogens is 1. The minimum Gasteiger partial charge on any atom is -0.350 e. The first-order chi connectivity index (χ1) is 10.4. The second-order valence-electron chi connectivity index (χ2n) is 5.29. The molecule has 1 amide bonds. The van der Waals surface area contributed by atoms with E-state index in [1.807, 2.05) is 26.0 Å². The van der Waals surface area contributed by atoms with E-state index in [4.69, 9.17) is 23.2 Å². The molecule has 0 unspecified atom stereocenters. The number of fused-ring (bicyclic) bond motifs is 1. The lowest BCUT2D eigenvalue weighted by atomic mass is 10.1. The molecule has 2 aromatic carbocycles. The van der Waals surface area contributed by atoms with Crippen LogP contribution < -0.4 is 5.32 Å². The molecule has 0 bridgehead atoms. The van der Waals surface area contributed by atoms with Crippen molar-refractivity contribution in [3.63, 3.8) is 0 Å². The molecule has 5 heteroatoms. The molecule has 0 aliphatic carbocycles. The Labute approximate surface area is 138 Å². The zero-order valence-electron chi connectivity index (χ0n) is 12.1. The van der Waals surface area contributed by atoms with Gasteiger partial charge in [-0.05, 0) is 49.7 Å². The SMILES string of the molecule is Cc1ccc2[nH]c(C(=O)Nc3cc(Cl)cc(Cl)c3)c(C)c2c1. The van der Waals surface area contributed by atoms with Crippen LogP contribution in [0.3, 0.4) is 0 Å². The Hall–Kier alpha value is -1.97. The Morgan fingerprint density at radius 2 is 1.73 bits per heavy atom. The van der Waals surface area contributed by atoms with E-state index in [9.17, 15) is 4.79 Å². The molecule has 0 saturated heterocycles. The van der Waals surface area contributed by atoms with Crippen LogP contribution in [-0.2, 0) is 0 Å². The van der Waals surface area contributed by atoms with Crippen molar-refractivity contribution in [1.82, 2.24) is 4.98 Å². The number of hydrogen-bond acceptors (Lipinski definition) is 1. The standard InChI is InChI=1S/C17H14Cl2N2O/c1-9-3-4-15-14(5-9)10(2)16(21-15)17(22)20-13-7-11(18)6-12(19)8-13/h3-8,21H,1-2H3,(H,20,22).